The number of carbonyl (C=O) groups excluding carboxylic acids is 2. The number of hydrogen-bond acceptors (Lipinski definition) is 4. The van der Waals surface area contributed by atoms with Gasteiger partial charge in [0.1, 0.15) is 12.6 Å². The highest BCUT2D eigenvalue weighted by Crippen LogP contribution is 2.26. The standard InChI is InChI=1S/C29H32BrCl2N3O4S/c1-29(2,3)33-28(37)26(17-20-8-6-5-7-9-20)34(18-21-10-15-24(31)25(32)16-21)27(36)19-35(40(4,38)39)23-13-11-22(30)12-14-23/h5-16,26H,17-19H2,1-4H3,(H,33,37)/t26-/m0/s1. The molecule has 0 saturated carbocycles. The van der Waals surface area contributed by atoms with E-state index in [1.165, 1.54) is 4.90 Å². The monoisotopic (exact) mass is 667 g/mol. The molecule has 0 spiro atoms. The van der Waals surface area contributed by atoms with Crippen molar-refractivity contribution in [1.29, 1.82) is 0 Å². The Labute approximate surface area is 254 Å². The zero-order valence-corrected chi connectivity index (χ0v) is 26.6. The molecule has 0 unspecified atom stereocenters. The molecule has 0 heterocycles. The first-order valence-electron chi connectivity index (χ1n) is 12.5. The highest BCUT2D eigenvalue weighted by Gasteiger charge is 2.34. The number of benzene rings is 3. The Morgan fingerprint density at radius 3 is 2.10 bits per heavy atom. The van der Waals surface area contributed by atoms with Crippen molar-refractivity contribution < 1.29 is 18.0 Å². The predicted octanol–water partition coefficient (Wildman–Crippen LogP) is 6.08. The van der Waals surface area contributed by atoms with Crippen LogP contribution in [0.15, 0.2) is 77.3 Å². The Kier molecular flexibility index (Phi) is 10.7. The van der Waals surface area contributed by atoms with Gasteiger partial charge in [-0.3, -0.25) is 13.9 Å². The van der Waals surface area contributed by atoms with Gasteiger partial charge >= 0.3 is 0 Å². The first-order chi connectivity index (χ1) is 18.6. The number of amides is 2. The highest BCUT2D eigenvalue weighted by molar-refractivity contribution is 9.10. The smallest absolute Gasteiger partial charge is 0.244 e. The zero-order chi connectivity index (χ0) is 29.7. The number of hydrogen-bond donors (Lipinski definition) is 1. The van der Waals surface area contributed by atoms with E-state index >= 15 is 0 Å². The molecule has 1 N–H and O–H groups in total. The van der Waals surface area contributed by atoms with Crippen molar-refractivity contribution in [3.05, 3.63) is 98.4 Å². The summed E-state index contributed by atoms with van der Waals surface area (Å²) in [6.07, 6.45) is 1.26. The van der Waals surface area contributed by atoms with Crippen LogP contribution in [0, 0.1) is 0 Å². The fraction of sp³-hybridized carbons (Fsp3) is 0.310. The van der Waals surface area contributed by atoms with Gasteiger partial charge in [-0.25, -0.2) is 8.42 Å². The van der Waals surface area contributed by atoms with Crippen molar-refractivity contribution in [3.8, 4) is 0 Å². The quantitative estimate of drug-likeness (QED) is 0.284. The molecule has 2 amide bonds. The molecule has 0 fully saturated rings. The molecule has 214 valence electrons. The van der Waals surface area contributed by atoms with Crippen LogP contribution >= 0.6 is 39.1 Å². The molecule has 0 aliphatic carbocycles. The molecule has 40 heavy (non-hydrogen) atoms. The molecule has 1 atom stereocenters. The third kappa shape index (κ3) is 9.23. The molecule has 0 aromatic heterocycles. The van der Waals surface area contributed by atoms with Crippen molar-refractivity contribution in [3.63, 3.8) is 0 Å². The van der Waals surface area contributed by atoms with Gasteiger partial charge in [-0.15, -0.1) is 0 Å². The summed E-state index contributed by atoms with van der Waals surface area (Å²) in [7, 11) is -3.85. The van der Waals surface area contributed by atoms with E-state index in [0.717, 1.165) is 20.6 Å². The number of nitrogens with one attached hydrogen (secondary N) is 1. The van der Waals surface area contributed by atoms with Crippen LogP contribution in [0.2, 0.25) is 10.0 Å². The van der Waals surface area contributed by atoms with Gasteiger partial charge in [0.05, 0.1) is 22.0 Å². The second-order valence-corrected chi connectivity index (χ2v) is 14.1. The van der Waals surface area contributed by atoms with Crippen LogP contribution in [0.5, 0.6) is 0 Å². The number of rotatable bonds is 10. The van der Waals surface area contributed by atoms with E-state index in [1.807, 2.05) is 51.1 Å². The molecule has 0 bridgehead atoms. The summed E-state index contributed by atoms with van der Waals surface area (Å²) in [6.45, 7) is 5.07. The third-order valence-electron chi connectivity index (χ3n) is 5.90. The van der Waals surface area contributed by atoms with Gasteiger partial charge < -0.3 is 10.2 Å². The van der Waals surface area contributed by atoms with Crippen molar-refractivity contribution in [2.24, 2.45) is 0 Å². The van der Waals surface area contributed by atoms with Gasteiger partial charge in [-0.1, -0.05) is 75.5 Å². The average Bonchev–Trinajstić information content (AvgIpc) is 2.86. The fourth-order valence-electron chi connectivity index (χ4n) is 4.06. The van der Waals surface area contributed by atoms with E-state index in [0.29, 0.717) is 21.3 Å². The molecular formula is C29H32BrCl2N3O4S. The summed E-state index contributed by atoms with van der Waals surface area (Å²) in [5.74, 6) is -0.913. The van der Waals surface area contributed by atoms with Gasteiger partial charge in [0.2, 0.25) is 21.8 Å². The van der Waals surface area contributed by atoms with Crippen LogP contribution in [0.4, 0.5) is 5.69 Å². The largest absolute Gasteiger partial charge is 0.350 e. The molecule has 3 aromatic rings. The van der Waals surface area contributed by atoms with E-state index in [2.05, 4.69) is 21.2 Å². The lowest BCUT2D eigenvalue weighted by Crippen LogP contribution is -2.56. The van der Waals surface area contributed by atoms with Crippen LogP contribution in [0.25, 0.3) is 0 Å². The van der Waals surface area contributed by atoms with Crippen molar-refractivity contribution in [1.82, 2.24) is 10.2 Å². The molecule has 0 aliphatic heterocycles. The highest BCUT2D eigenvalue weighted by atomic mass is 79.9. The SMILES string of the molecule is CC(C)(C)NC(=O)[C@H](Cc1ccccc1)N(Cc1ccc(Cl)c(Cl)c1)C(=O)CN(c1ccc(Br)cc1)S(C)(=O)=O. The molecule has 0 aliphatic rings. The molecule has 3 aromatic carbocycles. The lowest BCUT2D eigenvalue weighted by Gasteiger charge is -2.35. The predicted molar refractivity (Wildman–Crippen MR) is 165 cm³/mol. The third-order valence-corrected chi connectivity index (χ3v) is 8.31. The summed E-state index contributed by atoms with van der Waals surface area (Å²) in [6, 6.07) is 20.0. The topological polar surface area (TPSA) is 86.8 Å². The minimum atomic E-state index is -3.85. The number of sulfonamides is 1. The Morgan fingerprint density at radius 1 is 0.925 bits per heavy atom. The average molecular weight is 669 g/mol. The van der Waals surface area contributed by atoms with Crippen LogP contribution in [-0.2, 0) is 32.6 Å². The van der Waals surface area contributed by atoms with Crippen LogP contribution < -0.4 is 9.62 Å². The minimum absolute atomic E-state index is 0.00270. The molecule has 7 nitrogen and oxygen atoms in total. The van der Waals surface area contributed by atoms with E-state index in [4.69, 9.17) is 23.2 Å². The second-order valence-electron chi connectivity index (χ2n) is 10.5. The molecular weight excluding hydrogens is 637 g/mol. The molecule has 11 heteroatoms. The summed E-state index contributed by atoms with van der Waals surface area (Å²) < 4.78 is 27.5. The number of anilines is 1. The maximum atomic E-state index is 14.1. The number of halogens is 3. The van der Waals surface area contributed by atoms with Crippen LogP contribution in [-0.4, -0.2) is 49.5 Å². The van der Waals surface area contributed by atoms with Gasteiger partial charge in [0, 0.05) is 23.0 Å². The molecule has 3 rings (SSSR count). The minimum Gasteiger partial charge on any atom is -0.350 e. The molecule has 0 saturated heterocycles. The van der Waals surface area contributed by atoms with Gasteiger partial charge in [-0.2, -0.15) is 0 Å². The lowest BCUT2D eigenvalue weighted by molar-refractivity contribution is -0.140. The summed E-state index contributed by atoms with van der Waals surface area (Å²) >= 11 is 15.7. The lowest BCUT2D eigenvalue weighted by atomic mass is 10.0. The van der Waals surface area contributed by atoms with Crippen molar-refractivity contribution in [2.45, 2.75) is 45.3 Å². The van der Waals surface area contributed by atoms with Crippen LogP contribution in [0.3, 0.4) is 0 Å². The van der Waals surface area contributed by atoms with E-state index < -0.39 is 34.1 Å². The zero-order valence-electron chi connectivity index (χ0n) is 22.7. The van der Waals surface area contributed by atoms with E-state index in [-0.39, 0.29) is 18.9 Å². The van der Waals surface area contributed by atoms with E-state index in [1.54, 1.807) is 42.5 Å². The maximum absolute atomic E-state index is 14.1. The summed E-state index contributed by atoms with van der Waals surface area (Å²) in [5, 5.41) is 3.64. The maximum Gasteiger partial charge on any atom is 0.244 e. The fourth-order valence-corrected chi connectivity index (χ4v) is 5.50. The first-order valence-corrected chi connectivity index (χ1v) is 15.9. The normalized spacial score (nSPS) is 12.5. The Morgan fingerprint density at radius 2 is 1.55 bits per heavy atom. The van der Waals surface area contributed by atoms with Gasteiger partial charge in [0.25, 0.3) is 0 Å². The first kappa shape index (κ1) is 31.9. The van der Waals surface area contributed by atoms with Crippen molar-refractivity contribution >= 4 is 66.7 Å². The van der Waals surface area contributed by atoms with Gasteiger partial charge in [0.15, 0.2) is 0 Å². The van der Waals surface area contributed by atoms with Crippen LogP contribution in [0.1, 0.15) is 31.9 Å². The van der Waals surface area contributed by atoms with E-state index in [9.17, 15) is 18.0 Å². The summed E-state index contributed by atoms with van der Waals surface area (Å²) in [4.78, 5) is 29.2. The Balaban J connectivity index is 2.08. The number of carbonyl (C=O) groups is 2. The Hall–Kier alpha value is -2.59. The summed E-state index contributed by atoms with van der Waals surface area (Å²) in [5.41, 5.74) is 1.24. The number of nitrogens with zero attached hydrogens (tertiary/aromatic N) is 2. The molecule has 0 radical (unpaired) electrons. The van der Waals surface area contributed by atoms with Gasteiger partial charge in [-0.05, 0) is 68.3 Å². The second kappa shape index (κ2) is 13.4. The Bertz CT molecular complexity index is 1450. The van der Waals surface area contributed by atoms with Crippen molar-refractivity contribution in [2.75, 3.05) is 17.1 Å².